The van der Waals surface area contributed by atoms with Gasteiger partial charge >= 0.3 is 6.18 Å². The molecule has 0 bridgehead atoms. The number of nitrogens with zero attached hydrogens (tertiary/aromatic N) is 3. The predicted octanol–water partition coefficient (Wildman–Crippen LogP) is 5.13. The van der Waals surface area contributed by atoms with Gasteiger partial charge in [-0.2, -0.15) is 13.2 Å². The number of amides is 1. The molecule has 4 rings (SSSR count). The molecule has 10 heteroatoms. The van der Waals surface area contributed by atoms with Crippen molar-refractivity contribution in [2.24, 2.45) is 5.73 Å². The summed E-state index contributed by atoms with van der Waals surface area (Å²) in [5, 5.41) is 3.47. The van der Waals surface area contributed by atoms with Crippen LogP contribution >= 0.6 is 11.3 Å². The number of nitrogens with two attached hydrogens (primary N) is 1. The fourth-order valence-electron chi connectivity index (χ4n) is 3.67. The van der Waals surface area contributed by atoms with Gasteiger partial charge in [-0.25, -0.2) is 15.0 Å². The van der Waals surface area contributed by atoms with Gasteiger partial charge in [0.2, 0.25) is 11.9 Å². The molecule has 1 atom stereocenters. The van der Waals surface area contributed by atoms with Gasteiger partial charge in [0, 0.05) is 18.1 Å². The summed E-state index contributed by atoms with van der Waals surface area (Å²) in [6, 6.07) is 6.31. The molecule has 0 spiro atoms. The van der Waals surface area contributed by atoms with Crippen molar-refractivity contribution in [2.75, 3.05) is 5.32 Å². The van der Waals surface area contributed by atoms with E-state index in [0.29, 0.717) is 17.1 Å². The smallest absolute Gasteiger partial charge is 0.369 e. The van der Waals surface area contributed by atoms with Gasteiger partial charge in [-0.15, -0.1) is 11.3 Å². The van der Waals surface area contributed by atoms with Crippen molar-refractivity contribution in [3.05, 3.63) is 65.1 Å². The highest BCUT2D eigenvalue weighted by atomic mass is 32.1. The van der Waals surface area contributed by atoms with Crippen LogP contribution in [-0.4, -0.2) is 20.9 Å². The molecule has 0 aliphatic heterocycles. The minimum atomic E-state index is -4.56. The molecule has 2 aromatic heterocycles. The standard InChI is InChI=1S/C22H20F3N5OS/c1-13-9-14(11-15(10-13)29-20-27-8-5-17(30-20)22(23,24)25)16-12-28-19(32-16)21(18(26)31)6-3-2-4-7-21/h3,5-6,8-12H,2,4,7H2,1H3,(H2,26,31)(H,27,29,30). The molecule has 1 aliphatic rings. The molecule has 0 fully saturated rings. The zero-order valence-corrected chi connectivity index (χ0v) is 17.9. The Morgan fingerprint density at radius 1 is 1.25 bits per heavy atom. The lowest BCUT2D eigenvalue weighted by atomic mass is 9.79. The number of halogens is 3. The number of anilines is 2. The Kier molecular flexibility index (Phi) is 5.72. The van der Waals surface area contributed by atoms with Crippen molar-refractivity contribution in [1.82, 2.24) is 15.0 Å². The number of thiazole rings is 1. The average Bonchev–Trinajstić information content (AvgIpc) is 3.24. The van der Waals surface area contributed by atoms with E-state index in [-0.39, 0.29) is 5.95 Å². The highest BCUT2D eigenvalue weighted by Crippen LogP contribution is 2.40. The van der Waals surface area contributed by atoms with E-state index >= 15 is 0 Å². The van der Waals surface area contributed by atoms with Crippen molar-refractivity contribution >= 4 is 28.9 Å². The van der Waals surface area contributed by atoms with E-state index in [1.807, 2.05) is 25.1 Å². The van der Waals surface area contributed by atoms with Gasteiger partial charge in [-0.3, -0.25) is 4.79 Å². The zero-order valence-electron chi connectivity index (χ0n) is 17.1. The molecule has 1 aromatic carbocycles. The molecule has 166 valence electrons. The number of alkyl halides is 3. The van der Waals surface area contributed by atoms with E-state index in [0.717, 1.165) is 41.1 Å². The predicted molar refractivity (Wildman–Crippen MR) is 116 cm³/mol. The van der Waals surface area contributed by atoms with E-state index in [4.69, 9.17) is 5.73 Å². The van der Waals surface area contributed by atoms with Crippen molar-refractivity contribution in [3.8, 4) is 10.4 Å². The van der Waals surface area contributed by atoms with E-state index < -0.39 is 23.2 Å². The molecule has 1 unspecified atom stereocenters. The van der Waals surface area contributed by atoms with Gasteiger partial charge in [0.15, 0.2) is 0 Å². The minimum Gasteiger partial charge on any atom is -0.369 e. The first-order valence-corrected chi connectivity index (χ1v) is 10.7. The van der Waals surface area contributed by atoms with Crippen LogP contribution in [0.25, 0.3) is 10.4 Å². The topological polar surface area (TPSA) is 93.8 Å². The number of aromatic nitrogens is 3. The van der Waals surface area contributed by atoms with Crippen molar-refractivity contribution < 1.29 is 18.0 Å². The minimum absolute atomic E-state index is 0.151. The number of aryl methyl sites for hydroxylation is 1. The third-order valence-corrected chi connectivity index (χ3v) is 6.46. The summed E-state index contributed by atoms with van der Waals surface area (Å²) in [5.41, 5.74) is 6.04. The van der Waals surface area contributed by atoms with Gasteiger partial charge in [-0.05, 0) is 55.5 Å². The SMILES string of the molecule is Cc1cc(Nc2nccc(C(F)(F)F)n2)cc(-c2cnc(C3(C(N)=O)C=CCCC3)s2)c1. The van der Waals surface area contributed by atoms with Gasteiger partial charge < -0.3 is 11.1 Å². The average molecular weight is 459 g/mol. The summed E-state index contributed by atoms with van der Waals surface area (Å²) in [6.45, 7) is 1.87. The Morgan fingerprint density at radius 3 is 2.75 bits per heavy atom. The highest BCUT2D eigenvalue weighted by molar-refractivity contribution is 7.15. The number of nitrogens with one attached hydrogen (secondary N) is 1. The second-order valence-corrected chi connectivity index (χ2v) is 8.67. The first kappa shape index (κ1) is 21.9. The second-order valence-electron chi connectivity index (χ2n) is 7.64. The highest BCUT2D eigenvalue weighted by Gasteiger charge is 2.39. The maximum Gasteiger partial charge on any atom is 0.433 e. The largest absolute Gasteiger partial charge is 0.433 e. The number of carbonyl (C=O) groups excluding carboxylic acids is 1. The van der Waals surface area contributed by atoms with Crippen LogP contribution in [0.4, 0.5) is 24.8 Å². The van der Waals surface area contributed by atoms with E-state index in [9.17, 15) is 18.0 Å². The quantitative estimate of drug-likeness (QED) is 0.516. The number of benzene rings is 1. The molecular formula is C22H20F3N5OS. The van der Waals surface area contributed by atoms with E-state index in [1.165, 1.54) is 11.3 Å². The molecule has 0 radical (unpaired) electrons. The van der Waals surface area contributed by atoms with E-state index in [1.54, 1.807) is 18.3 Å². The third kappa shape index (κ3) is 4.36. The number of primary amides is 1. The number of allylic oxidation sites excluding steroid dienone is 1. The number of carbonyl (C=O) groups is 1. The van der Waals surface area contributed by atoms with Crippen LogP contribution in [-0.2, 0) is 16.4 Å². The Labute approximate surface area is 186 Å². The summed E-state index contributed by atoms with van der Waals surface area (Å²) in [7, 11) is 0. The van der Waals surface area contributed by atoms with Crippen molar-refractivity contribution in [2.45, 2.75) is 37.8 Å². The molecule has 32 heavy (non-hydrogen) atoms. The lowest BCUT2D eigenvalue weighted by molar-refractivity contribution is -0.141. The molecular weight excluding hydrogens is 439 g/mol. The Balaban J connectivity index is 1.65. The third-order valence-electron chi connectivity index (χ3n) is 5.24. The molecule has 0 saturated heterocycles. The maximum absolute atomic E-state index is 12.9. The monoisotopic (exact) mass is 459 g/mol. The maximum atomic E-state index is 12.9. The Bertz CT molecular complexity index is 1190. The summed E-state index contributed by atoms with van der Waals surface area (Å²) >= 11 is 1.38. The van der Waals surface area contributed by atoms with Gasteiger partial charge in [0.1, 0.15) is 16.1 Å². The second kappa shape index (κ2) is 8.34. The first-order chi connectivity index (χ1) is 15.2. The van der Waals surface area contributed by atoms with Gasteiger partial charge in [0.05, 0.1) is 4.88 Å². The lowest BCUT2D eigenvalue weighted by Crippen LogP contribution is -2.40. The van der Waals surface area contributed by atoms with Crippen LogP contribution in [0, 0.1) is 6.92 Å². The molecule has 1 amide bonds. The molecule has 6 nitrogen and oxygen atoms in total. The number of rotatable bonds is 5. The number of hydrogen-bond acceptors (Lipinski definition) is 6. The summed E-state index contributed by atoms with van der Waals surface area (Å²) < 4.78 is 38.8. The lowest BCUT2D eigenvalue weighted by Gasteiger charge is -2.27. The fraction of sp³-hybridized carbons (Fsp3) is 0.273. The number of hydrogen-bond donors (Lipinski definition) is 2. The van der Waals surface area contributed by atoms with Crippen molar-refractivity contribution in [1.29, 1.82) is 0 Å². The molecule has 2 heterocycles. The molecule has 3 N–H and O–H groups in total. The summed E-state index contributed by atoms with van der Waals surface area (Å²) in [6.07, 6.45) is 4.35. The fourth-order valence-corrected chi connectivity index (χ4v) is 4.78. The van der Waals surface area contributed by atoms with Crippen LogP contribution in [0.15, 0.2) is 48.8 Å². The summed E-state index contributed by atoms with van der Waals surface area (Å²) in [5.74, 6) is -0.580. The van der Waals surface area contributed by atoms with Gasteiger partial charge in [-0.1, -0.05) is 18.2 Å². The zero-order chi connectivity index (χ0) is 22.9. The Morgan fingerprint density at radius 2 is 2.06 bits per heavy atom. The van der Waals surface area contributed by atoms with Crippen molar-refractivity contribution in [3.63, 3.8) is 0 Å². The van der Waals surface area contributed by atoms with E-state index in [2.05, 4.69) is 20.3 Å². The van der Waals surface area contributed by atoms with Crippen LogP contribution in [0.1, 0.15) is 35.5 Å². The van der Waals surface area contributed by atoms with Crippen LogP contribution < -0.4 is 11.1 Å². The van der Waals surface area contributed by atoms with Crippen LogP contribution in [0.5, 0.6) is 0 Å². The summed E-state index contributed by atoms with van der Waals surface area (Å²) in [4.78, 5) is 25.0. The molecule has 1 aliphatic carbocycles. The van der Waals surface area contributed by atoms with Crippen LogP contribution in [0.3, 0.4) is 0 Å². The van der Waals surface area contributed by atoms with Gasteiger partial charge in [0.25, 0.3) is 0 Å². The van der Waals surface area contributed by atoms with Crippen LogP contribution in [0.2, 0.25) is 0 Å². The molecule has 0 saturated carbocycles. The molecule has 3 aromatic rings. The Hall–Kier alpha value is -3.27. The first-order valence-electron chi connectivity index (χ1n) is 9.91. The normalized spacial score (nSPS) is 18.5.